The van der Waals surface area contributed by atoms with Crippen molar-refractivity contribution in [3.05, 3.63) is 28.3 Å². The first-order valence-corrected chi connectivity index (χ1v) is 6.45. The van der Waals surface area contributed by atoms with Crippen molar-refractivity contribution in [1.82, 2.24) is 4.90 Å². The number of ether oxygens (including phenoxy) is 1. The zero-order valence-electron chi connectivity index (χ0n) is 11.3. The van der Waals surface area contributed by atoms with E-state index < -0.39 is 4.92 Å². The Labute approximate surface area is 116 Å². The van der Waals surface area contributed by atoms with E-state index in [0.29, 0.717) is 11.4 Å². The van der Waals surface area contributed by atoms with Gasteiger partial charge in [-0.3, -0.25) is 14.9 Å². The number of nitro groups is 1. The first-order chi connectivity index (χ1) is 9.60. The predicted octanol–water partition coefficient (Wildman–Crippen LogP) is 1.64. The quantitative estimate of drug-likeness (QED) is 0.654. The van der Waals surface area contributed by atoms with Gasteiger partial charge in [-0.25, -0.2) is 0 Å². The largest absolute Gasteiger partial charge is 0.496 e. The molecule has 20 heavy (non-hydrogen) atoms. The van der Waals surface area contributed by atoms with E-state index in [4.69, 9.17) is 4.74 Å². The van der Waals surface area contributed by atoms with Crippen LogP contribution in [0, 0.1) is 10.1 Å². The molecule has 2 rings (SSSR count). The molecule has 0 saturated carbocycles. The van der Waals surface area contributed by atoms with Crippen LogP contribution in [-0.2, 0) is 4.79 Å². The SMILES string of the molecule is COc1cc(NCC(=O)N2CCCC2)cc([N+](=O)[O-])c1. The number of nitrogens with one attached hydrogen (secondary N) is 1. The van der Waals surface area contributed by atoms with Crippen LogP contribution < -0.4 is 10.1 Å². The minimum absolute atomic E-state index is 0.00738. The summed E-state index contributed by atoms with van der Waals surface area (Å²) in [4.78, 5) is 24.0. The number of methoxy groups -OCH3 is 1. The topological polar surface area (TPSA) is 84.7 Å². The fourth-order valence-corrected chi connectivity index (χ4v) is 2.16. The summed E-state index contributed by atoms with van der Waals surface area (Å²) in [7, 11) is 1.44. The summed E-state index contributed by atoms with van der Waals surface area (Å²) in [5.74, 6) is 0.392. The number of likely N-dealkylation sites (tertiary alicyclic amines) is 1. The number of non-ortho nitro benzene ring substituents is 1. The number of hydrogen-bond donors (Lipinski definition) is 1. The smallest absolute Gasteiger partial charge is 0.275 e. The van der Waals surface area contributed by atoms with Gasteiger partial charge in [0.1, 0.15) is 5.75 Å². The Bertz CT molecular complexity index is 512. The maximum Gasteiger partial charge on any atom is 0.275 e. The van der Waals surface area contributed by atoms with Gasteiger partial charge in [-0.05, 0) is 12.8 Å². The van der Waals surface area contributed by atoms with E-state index in [0.717, 1.165) is 25.9 Å². The van der Waals surface area contributed by atoms with E-state index in [2.05, 4.69) is 5.32 Å². The Morgan fingerprint density at radius 2 is 2.10 bits per heavy atom. The maximum atomic E-state index is 11.9. The Hall–Kier alpha value is -2.31. The van der Waals surface area contributed by atoms with Crippen molar-refractivity contribution in [2.45, 2.75) is 12.8 Å². The van der Waals surface area contributed by atoms with Crippen molar-refractivity contribution in [3.8, 4) is 5.75 Å². The average Bonchev–Trinajstić information content (AvgIpc) is 2.98. The number of amides is 1. The second-order valence-corrected chi connectivity index (χ2v) is 4.62. The molecule has 1 heterocycles. The Morgan fingerprint density at radius 1 is 1.40 bits per heavy atom. The monoisotopic (exact) mass is 279 g/mol. The fraction of sp³-hybridized carbons (Fsp3) is 0.462. The highest BCUT2D eigenvalue weighted by Crippen LogP contribution is 2.25. The third-order valence-corrected chi connectivity index (χ3v) is 3.24. The molecule has 1 aliphatic heterocycles. The van der Waals surface area contributed by atoms with E-state index in [-0.39, 0.29) is 18.1 Å². The van der Waals surface area contributed by atoms with Gasteiger partial charge in [0.05, 0.1) is 24.6 Å². The van der Waals surface area contributed by atoms with Gasteiger partial charge in [0, 0.05) is 30.9 Å². The molecule has 1 aromatic rings. The Kier molecular flexibility index (Phi) is 4.39. The van der Waals surface area contributed by atoms with Crippen molar-refractivity contribution in [3.63, 3.8) is 0 Å². The molecular weight excluding hydrogens is 262 g/mol. The van der Waals surface area contributed by atoms with Crippen LogP contribution in [0.5, 0.6) is 5.75 Å². The van der Waals surface area contributed by atoms with Gasteiger partial charge < -0.3 is 15.0 Å². The highest BCUT2D eigenvalue weighted by Gasteiger charge is 2.18. The number of nitrogens with zero attached hydrogens (tertiary/aromatic N) is 2. The molecule has 1 amide bonds. The molecule has 7 heteroatoms. The first kappa shape index (κ1) is 14.1. The number of nitro benzene ring substituents is 1. The molecule has 1 saturated heterocycles. The molecule has 1 aromatic carbocycles. The van der Waals surface area contributed by atoms with Crippen LogP contribution in [0.2, 0.25) is 0 Å². The van der Waals surface area contributed by atoms with Gasteiger partial charge in [-0.1, -0.05) is 0 Å². The van der Waals surface area contributed by atoms with E-state index in [1.54, 1.807) is 11.0 Å². The number of anilines is 1. The Morgan fingerprint density at radius 3 is 2.70 bits per heavy atom. The molecule has 0 atom stereocenters. The van der Waals surface area contributed by atoms with Crippen LogP contribution in [0.1, 0.15) is 12.8 Å². The van der Waals surface area contributed by atoms with E-state index in [9.17, 15) is 14.9 Å². The van der Waals surface area contributed by atoms with Gasteiger partial charge in [0.25, 0.3) is 5.69 Å². The first-order valence-electron chi connectivity index (χ1n) is 6.45. The second-order valence-electron chi connectivity index (χ2n) is 4.62. The third-order valence-electron chi connectivity index (χ3n) is 3.24. The van der Waals surface area contributed by atoms with Crippen molar-refractivity contribution < 1.29 is 14.5 Å². The lowest BCUT2D eigenvalue weighted by molar-refractivity contribution is -0.384. The van der Waals surface area contributed by atoms with Crippen LogP contribution in [0.3, 0.4) is 0 Å². The number of benzene rings is 1. The summed E-state index contributed by atoms with van der Waals surface area (Å²) in [6, 6.07) is 4.36. The lowest BCUT2D eigenvalue weighted by atomic mass is 10.2. The maximum absolute atomic E-state index is 11.9. The van der Waals surface area contributed by atoms with Gasteiger partial charge in [0.2, 0.25) is 5.91 Å². The summed E-state index contributed by atoms with van der Waals surface area (Å²) in [6.45, 7) is 1.71. The minimum Gasteiger partial charge on any atom is -0.496 e. The van der Waals surface area contributed by atoms with E-state index in [1.165, 1.54) is 19.2 Å². The molecule has 0 bridgehead atoms. The molecule has 0 unspecified atom stereocenters. The summed E-state index contributed by atoms with van der Waals surface area (Å²) in [5.41, 5.74) is 0.434. The molecule has 0 aromatic heterocycles. The number of carbonyl (C=O) groups is 1. The van der Waals surface area contributed by atoms with E-state index in [1.807, 2.05) is 0 Å². The third kappa shape index (κ3) is 3.37. The van der Waals surface area contributed by atoms with Crippen LogP contribution in [0.4, 0.5) is 11.4 Å². The van der Waals surface area contributed by atoms with Gasteiger partial charge >= 0.3 is 0 Å². The standard InChI is InChI=1S/C13H17N3O4/c1-20-12-7-10(6-11(8-12)16(18)19)14-9-13(17)15-4-2-3-5-15/h6-8,14H,2-5,9H2,1H3. The van der Waals surface area contributed by atoms with Crippen LogP contribution in [-0.4, -0.2) is 42.5 Å². The van der Waals surface area contributed by atoms with Crippen molar-refractivity contribution in [2.75, 3.05) is 32.1 Å². The van der Waals surface area contributed by atoms with Crippen LogP contribution in [0.25, 0.3) is 0 Å². The summed E-state index contributed by atoms with van der Waals surface area (Å²) in [6.07, 6.45) is 2.08. The van der Waals surface area contributed by atoms with Gasteiger partial charge in [-0.15, -0.1) is 0 Å². The van der Waals surface area contributed by atoms with Crippen LogP contribution in [0.15, 0.2) is 18.2 Å². The lowest BCUT2D eigenvalue weighted by Crippen LogP contribution is -2.32. The van der Waals surface area contributed by atoms with Crippen LogP contribution >= 0.6 is 0 Å². The number of rotatable bonds is 5. The normalized spacial score (nSPS) is 14.2. The van der Waals surface area contributed by atoms with Crippen molar-refractivity contribution in [1.29, 1.82) is 0 Å². The highest BCUT2D eigenvalue weighted by atomic mass is 16.6. The van der Waals surface area contributed by atoms with Crippen molar-refractivity contribution in [2.24, 2.45) is 0 Å². The molecule has 1 N–H and O–H groups in total. The lowest BCUT2D eigenvalue weighted by Gasteiger charge is -2.16. The van der Waals surface area contributed by atoms with E-state index >= 15 is 0 Å². The number of hydrogen-bond acceptors (Lipinski definition) is 5. The molecule has 0 radical (unpaired) electrons. The summed E-state index contributed by atoms with van der Waals surface area (Å²) >= 11 is 0. The fourth-order valence-electron chi connectivity index (χ4n) is 2.16. The zero-order chi connectivity index (χ0) is 14.5. The minimum atomic E-state index is -0.490. The predicted molar refractivity (Wildman–Crippen MR) is 74.0 cm³/mol. The molecule has 1 fully saturated rings. The zero-order valence-corrected chi connectivity index (χ0v) is 11.3. The van der Waals surface area contributed by atoms with Gasteiger partial charge in [0.15, 0.2) is 0 Å². The molecule has 7 nitrogen and oxygen atoms in total. The molecule has 108 valence electrons. The second kappa shape index (κ2) is 6.23. The molecule has 0 aliphatic carbocycles. The molecule has 0 spiro atoms. The molecule has 1 aliphatic rings. The highest BCUT2D eigenvalue weighted by molar-refractivity contribution is 5.81. The molecular formula is C13H17N3O4. The summed E-state index contributed by atoms with van der Waals surface area (Å²) in [5, 5.41) is 13.7. The number of carbonyl (C=O) groups excluding carboxylic acids is 1. The Balaban J connectivity index is 2.02. The van der Waals surface area contributed by atoms with Crippen molar-refractivity contribution >= 4 is 17.3 Å². The van der Waals surface area contributed by atoms with Gasteiger partial charge in [-0.2, -0.15) is 0 Å². The average molecular weight is 279 g/mol. The summed E-state index contributed by atoms with van der Waals surface area (Å²) < 4.78 is 5.01.